The summed E-state index contributed by atoms with van der Waals surface area (Å²) in [5.41, 5.74) is -0.623. The second kappa shape index (κ2) is 6.74. The fraction of sp³-hybridized carbons (Fsp3) is 0.533. The molecule has 22 heavy (non-hydrogen) atoms. The fourth-order valence-electron chi connectivity index (χ4n) is 2.75. The maximum atomic E-state index is 12.5. The Morgan fingerprint density at radius 1 is 1.41 bits per heavy atom. The molecule has 7 heteroatoms. The molecule has 1 atom stereocenters. The van der Waals surface area contributed by atoms with Gasteiger partial charge in [0, 0.05) is 32.5 Å². The standard InChI is InChI=1S/C15H20N2O5/c1-21-10-15(14(19)20)6-3-7-17(9-15)13(18)11-4-5-12(22-2)16-8-11/h4-5,8H,3,6-7,9-10H2,1-2H3,(H,19,20). The van der Waals surface area contributed by atoms with E-state index in [2.05, 4.69) is 4.98 Å². The first-order chi connectivity index (χ1) is 10.5. The zero-order valence-corrected chi connectivity index (χ0v) is 12.7. The largest absolute Gasteiger partial charge is 0.481 e. The van der Waals surface area contributed by atoms with Crippen molar-refractivity contribution in [2.45, 2.75) is 12.8 Å². The number of piperidine rings is 1. The molecule has 0 bridgehead atoms. The Kier molecular flexibility index (Phi) is 4.97. The first kappa shape index (κ1) is 16.2. The summed E-state index contributed by atoms with van der Waals surface area (Å²) >= 11 is 0. The molecule has 7 nitrogen and oxygen atoms in total. The maximum absolute atomic E-state index is 12.5. The number of nitrogens with zero attached hydrogens (tertiary/aromatic N) is 2. The van der Waals surface area contributed by atoms with Gasteiger partial charge in [-0.2, -0.15) is 0 Å². The van der Waals surface area contributed by atoms with Gasteiger partial charge in [-0.1, -0.05) is 0 Å². The summed E-state index contributed by atoms with van der Waals surface area (Å²) in [6.07, 6.45) is 2.57. The van der Waals surface area contributed by atoms with Crippen molar-refractivity contribution in [3.05, 3.63) is 23.9 Å². The molecule has 1 fully saturated rings. The number of carbonyl (C=O) groups is 2. The summed E-state index contributed by atoms with van der Waals surface area (Å²) < 4.78 is 10.0. The Balaban J connectivity index is 2.16. The van der Waals surface area contributed by atoms with E-state index in [1.54, 1.807) is 17.0 Å². The highest BCUT2D eigenvalue weighted by Crippen LogP contribution is 2.31. The van der Waals surface area contributed by atoms with Crippen LogP contribution in [0.5, 0.6) is 5.88 Å². The molecule has 1 N–H and O–H groups in total. The summed E-state index contributed by atoms with van der Waals surface area (Å²) in [7, 11) is 2.97. The van der Waals surface area contributed by atoms with Crippen LogP contribution in [-0.4, -0.2) is 60.8 Å². The normalized spacial score (nSPS) is 21.5. The highest BCUT2D eigenvalue weighted by atomic mass is 16.5. The summed E-state index contributed by atoms with van der Waals surface area (Å²) in [6.45, 7) is 0.762. The van der Waals surface area contributed by atoms with Crippen molar-refractivity contribution in [3.63, 3.8) is 0 Å². The van der Waals surface area contributed by atoms with Crippen molar-refractivity contribution in [3.8, 4) is 5.88 Å². The highest BCUT2D eigenvalue weighted by Gasteiger charge is 2.44. The first-order valence-electron chi connectivity index (χ1n) is 7.04. The molecule has 0 saturated carbocycles. The number of carbonyl (C=O) groups excluding carboxylic acids is 1. The van der Waals surface area contributed by atoms with Gasteiger partial charge in [-0.15, -0.1) is 0 Å². The molecule has 1 aliphatic heterocycles. The molecule has 0 aliphatic carbocycles. The maximum Gasteiger partial charge on any atom is 0.313 e. The van der Waals surface area contributed by atoms with E-state index in [0.29, 0.717) is 30.8 Å². The van der Waals surface area contributed by atoms with E-state index in [0.717, 1.165) is 0 Å². The number of hydrogen-bond acceptors (Lipinski definition) is 5. The SMILES string of the molecule is COCC1(C(=O)O)CCCN(C(=O)c2ccc(OC)nc2)C1. The minimum Gasteiger partial charge on any atom is -0.481 e. The van der Waals surface area contributed by atoms with Gasteiger partial charge in [0.15, 0.2) is 0 Å². The van der Waals surface area contributed by atoms with Crippen molar-refractivity contribution in [2.75, 3.05) is 33.9 Å². The molecule has 1 unspecified atom stereocenters. The van der Waals surface area contributed by atoms with Crippen LogP contribution in [0.1, 0.15) is 23.2 Å². The minimum atomic E-state index is -1.04. The number of rotatable bonds is 5. The smallest absolute Gasteiger partial charge is 0.313 e. The molecule has 0 radical (unpaired) electrons. The molecule has 120 valence electrons. The number of amides is 1. The number of hydrogen-bond donors (Lipinski definition) is 1. The lowest BCUT2D eigenvalue weighted by molar-refractivity contribution is -0.155. The predicted molar refractivity (Wildman–Crippen MR) is 77.9 cm³/mol. The second-order valence-corrected chi connectivity index (χ2v) is 5.44. The Hall–Kier alpha value is -2.15. The van der Waals surface area contributed by atoms with Crippen molar-refractivity contribution in [2.24, 2.45) is 5.41 Å². The molecule has 1 aromatic heterocycles. The Morgan fingerprint density at radius 2 is 2.18 bits per heavy atom. The quantitative estimate of drug-likeness (QED) is 0.874. The Bertz CT molecular complexity index is 541. The Labute approximate surface area is 128 Å². The fourth-order valence-corrected chi connectivity index (χ4v) is 2.75. The molecule has 1 amide bonds. The first-order valence-corrected chi connectivity index (χ1v) is 7.04. The van der Waals surface area contributed by atoms with E-state index in [9.17, 15) is 14.7 Å². The van der Waals surface area contributed by atoms with Gasteiger partial charge in [0.25, 0.3) is 5.91 Å². The zero-order chi connectivity index (χ0) is 16.2. The van der Waals surface area contributed by atoms with Gasteiger partial charge in [-0.3, -0.25) is 9.59 Å². The van der Waals surface area contributed by atoms with Crippen LogP contribution < -0.4 is 4.74 Å². The molecule has 0 aromatic carbocycles. The monoisotopic (exact) mass is 308 g/mol. The van der Waals surface area contributed by atoms with Crippen LogP contribution in [0.25, 0.3) is 0 Å². The van der Waals surface area contributed by atoms with Crippen LogP contribution in [-0.2, 0) is 9.53 Å². The van der Waals surface area contributed by atoms with Gasteiger partial charge in [0.1, 0.15) is 5.41 Å². The van der Waals surface area contributed by atoms with Gasteiger partial charge >= 0.3 is 5.97 Å². The van der Waals surface area contributed by atoms with Gasteiger partial charge in [-0.05, 0) is 18.9 Å². The number of likely N-dealkylation sites (tertiary alicyclic amines) is 1. The lowest BCUT2D eigenvalue weighted by Crippen LogP contribution is -2.52. The summed E-state index contributed by atoms with van der Waals surface area (Å²) in [6, 6.07) is 3.23. The van der Waals surface area contributed by atoms with Gasteiger partial charge < -0.3 is 19.5 Å². The lowest BCUT2D eigenvalue weighted by Gasteiger charge is -2.39. The number of carboxylic acid groups (broad SMARTS) is 1. The number of methoxy groups -OCH3 is 2. The number of pyridine rings is 1. The van der Waals surface area contributed by atoms with Crippen LogP contribution in [0, 0.1) is 5.41 Å². The van der Waals surface area contributed by atoms with Gasteiger partial charge in [0.05, 0.1) is 19.3 Å². The Morgan fingerprint density at radius 3 is 2.73 bits per heavy atom. The van der Waals surface area contributed by atoms with Crippen molar-refractivity contribution < 1.29 is 24.2 Å². The van der Waals surface area contributed by atoms with Crippen LogP contribution >= 0.6 is 0 Å². The third-order valence-electron chi connectivity index (χ3n) is 3.93. The summed E-state index contributed by atoms with van der Waals surface area (Å²) in [5, 5.41) is 9.51. The van der Waals surface area contributed by atoms with E-state index < -0.39 is 11.4 Å². The van der Waals surface area contributed by atoms with Gasteiger partial charge in [0.2, 0.25) is 5.88 Å². The topological polar surface area (TPSA) is 89.0 Å². The molecule has 1 aromatic rings. The van der Waals surface area contributed by atoms with E-state index in [4.69, 9.17) is 9.47 Å². The minimum absolute atomic E-state index is 0.0903. The predicted octanol–water partition coefficient (Wildman–Crippen LogP) is 1.04. The molecular formula is C15H20N2O5. The van der Waals surface area contributed by atoms with Crippen molar-refractivity contribution >= 4 is 11.9 Å². The van der Waals surface area contributed by atoms with E-state index in [1.165, 1.54) is 20.4 Å². The third kappa shape index (κ3) is 3.19. The molecule has 1 aliphatic rings. The number of aromatic nitrogens is 1. The molecule has 1 saturated heterocycles. The average Bonchev–Trinajstić information content (AvgIpc) is 2.54. The van der Waals surface area contributed by atoms with Gasteiger partial charge in [-0.25, -0.2) is 4.98 Å². The van der Waals surface area contributed by atoms with Crippen molar-refractivity contribution in [1.82, 2.24) is 9.88 Å². The number of ether oxygens (including phenoxy) is 2. The van der Waals surface area contributed by atoms with Crippen LogP contribution in [0.4, 0.5) is 0 Å². The van der Waals surface area contributed by atoms with Crippen molar-refractivity contribution in [1.29, 1.82) is 0 Å². The average molecular weight is 308 g/mol. The van der Waals surface area contributed by atoms with Crippen LogP contribution in [0.15, 0.2) is 18.3 Å². The summed E-state index contributed by atoms with van der Waals surface area (Å²) in [4.78, 5) is 29.7. The van der Waals surface area contributed by atoms with E-state index >= 15 is 0 Å². The molecule has 2 rings (SSSR count). The van der Waals surface area contributed by atoms with E-state index in [-0.39, 0.29) is 19.1 Å². The summed E-state index contributed by atoms with van der Waals surface area (Å²) in [5.74, 6) is -0.731. The number of carboxylic acids is 1. The number of aliphatic carboxylic acids is 1. The molecule has 0 spiro atoms. The molecular weight excluding hydrogens is 288 g/mol. The van der Waals surface area contributed by atoms with Crippen LogP contribution in [0.3, 0.4) is 0 Å². The van der Waals surface area contributed by atoms with E-state index in [1.807, 2.05) is 0 Å². The highest BCUT2D eigenvalue weighted by molar-refractivity contribution is 5.94. The third-order valence-corrected chi connectivity index (χ3v) is 3.93. The zero-order valence-electron chi connectivity index (χ0n) is 12.7. The lowest BCUT2D eigenvalue weighted by atomic mass is 9.80. The van der Waals surface area contributed by atoms with Crippen LogP contribution in [0.2, 0.25) is 0 Å². The molecule has 2 heterocycles. The second-order valence-electron chi connectivity index (χ2n) is 5.44.